The summed E-state index contributed by atoms with van der Waals surface area (Å²) in [4.78, 5) is 12.7. The van der Waals surface area contributed by atoms with Gasteiger partial charge in [0.25, 0.3) is 0 Å². The predicted molar refractivity (Wildman–Crippen MR) is 58.6 cm³/mol. The quantitative estimate of drug-likeness (QED) is 0.831. The Morgan fingerprint density at radius 1 is 1.19 bits per heavy atom. The van der Waals surface area contributed by atoms with Crippen LogP contribution in [0.15, 0.2) is 18.6 Å². The smallest absolute Gasteiger partial charge is 0.201 e. The number of nitrogens with zero attached hydrogens (tertiary/aromatic N) is 4. The van der Waals surface area contributed by atoms with Gasteiger partial charge in [0.15, 0.2) is 0 Å². The van der Waals surface area contributed by atoms with E-state index in [0.29, 0.717) is 11.7 Å². The van der Waals surface area contributed by atoms with Gasteiger partial charge in [-0.25, -0.2) is 9.97 Å². The molecular formula is C11H13N5. The zero-order valence-electron chi connectivity index (χ0n) is 8.93. The molecule has 1 aliphatic carbocycles. The highest BCUT2D eigenvalue weighted by Gasteiger charge is 2.21. The van der Waals surface area contributed by atoms with Crippen LogP contribution in [0.2, 0.25) is 0 Å². The molecule has 0 atom stereocenters. The van der Waals surface area contributed by atoms with Gasteiger partial charge in [0, 0.05) is 18.3 Å². The molecule has 0 amide bonds. The van der Waals surface area contributed by atoms with Gasteiger partial charge in [-0.05, 0) is 12.8 Å². The number of hydrogen-bond acceptors (Lipinski definition) is 4. The third-order valence-corrected chi connectivity index (χ3v) is 3.04. The standard InChI is InChI=1S/C11H13N5/c1-2-4-8(3-1)10-14-11(16-15-10)9-7-12-5-6-13-9/h5-8H,1-4H2,(H,14,15,16). The minimum Gasteiger partial charge on any atom is -0.262 e. The van der Waals surface area contributed by atoms with E-state index >= 15 is 0 Å². The van der Waals surface area contributed by atoms with Gasteiger partial charge in [0.2, 0.25) is 5.82 Å². The normalized spacial score (nSPS) is 16.8. The summed E-state index contributed by atoms with van der Waals surface area (Å²) < 4.78 is 0. The molecule has 2 aromatic rings. The maximum atomic E-state index is 4.49. The fourth-order valence-corrected chi connectivity index (χ4v) is 2.19. The molecular weight excluding hydrogens is 202 g/mol. The third-order valence-electron chi connectivity index (χ3n) is 3.04. The van der Waals surface area contributed by atoms with E-state index in [2.05, 4.69) is 25.1 Å². The van der Waals surface area contributed by atoms with Gasteiger partial charge in [-0.3, -0.25) is 10.1 Å². The topological polar surface area (TPSA) is 67.3 Å². The zero-order chi connectivity index (χ0) is 10.8. The molecule has 5 nitrogen and oxygen atoms in total. The SMILES string of the molecule is c1cnc(-c2n[nH]c(C3CCCC3)n2)cn1. The molecule has 82 valence electrons. The van der Waals surface area contributed by atoms with Gasteiger partial charge in [-0.1, -0.05) is 12.8 Å². The highest BCUT2D eigenvalue weighted by atomic mass is 15.2. The molecule has 0 spiro atoms. The monoisotopic (exact) mass is 215 g/mol. The molecule has 0 radical (unpaired) electrons. The maximum absolute atomic E-state index is 4.49. The summed E-state index contributed by atoms with van der Waals surface area (Å²) >= 11 is 0. The van der Waals surface area contributed by atoms with Crippen molar-refractivity contribution in [2.45, 2.75) is 31.6 Å². The summed E-state index contributed by atoms with van der Waals surface area (Å²) in [6.45, 7) is 0. The minimum absolute atomic E-state index is 0.554. The van der Waals surface area contributed by atoms with Crippen LogP contribution in [-0.2, 0) is 0 Å². The Kier molecular flexibility index (Phi) is 2.36. The lowest BCUT2D eigenvalue weighted by Crippen LogP contribution is -1.94. The lowest BCUT2D eigenvalue weighted by molar-refractivity contribution is 0.672. The molecule has 0 saturated heterocycles. The Balaban J connectivity index is 1.87. The molecule has 1 fully saturated rings. The Morgan fingerprint density at radius 3 is 2.81 bits per heavy atom. The lowest BCUT2D eigenvalue weighted by atomic mass is 10.1. The molecule has 0 bridgehead atoms. The van der Waals surface area contributed by atoms with Crippen molar-refractivity contribution in [1.29, 1.82) is 0 Å². The average molecular weight is 215 g/mol. The van der Waals surface area contributed by atoms with Gasteiger partial charge >= 0.3 is 0 Å². The second-order valence-corrected chi connectivity index (χ2v) is 4.12. The lowest BCUT2D eigenvalue weighted by Gasteiger charge is -2.01. The van der Waals surface area contributed by atoms with Crippen LogP contribution in [0.4, 0.5) is 0 Å². The van der Waals surface area contributed by atoms with Crippen molar-refractivity contribution < 1.29 is 0 Å². The first kappa shape index (κ1) is 9.45. The summed E-state index contributed by atoms with van der Waals surface area (Å²) in [6, 6.07) is 0. The minimum atomic E-state index is 0.554. The summed E-state index contributed by atoms with van der Waals surface area (Å²) in [5, 5.41) is 7.21. The molecule has 1 N–H and O–H groups in total. The van der Waals surface area contributed by atoms with Crippen molar-refractivity contribution in [3.05, 3.63) is 24.4 Å². The molecule has 1 aliphatic rings. The van der Waals surface area contributed by atoms with Crippen molar-refractivity contribution in [2.24, 2.45) is 0 Å². The van der Waals surface area contributed by atoms with Crippen molar-refractivity contribution >= 4 is 0 Å². The number of H-pyrrole nitrogens is 1. The highest BCUT2D eigenvalue weighted by molar-refractivity contribution is 5.45. The maximum Gasteiger partial charge on any atom is 0.201 e. The van der Waals surface area contributed by atoms with Crippen LogP contribution in [0.3, 0.4) is 0 Å². The molecule has 16 heavy (non-hydrogen) atoms. The van der Waals surface area contributed by atoms with Crippen LogP contribution in [0.1, 0.15) is 37.4 Å². The Hall–Kier alpha value is -1.78. The van der Waals surface area contributed by atoms with Crippen LogP contribution in [-0.4, -0.2) is 25.1 Å². The Morgan fingerprint density at radius 2 is 2.06 bits per heavy atom. The van der Waals surface area contributed by atoms with Gasteiger partial charge in [0.05, 0.1) is 6.20 Å². The zero-order valence-corrected chi connectivity index (χ0v) is 8.93. The molecule has 3 rings (SSSR count). The van der Waals surface area contributed by atoms with E-state index in [1.807, 2.05) is 0 Å². The van der Waals surface area contributed by atoms with Gasteiger partial charge in [0.1, 0.15) is 11.5 Å². The fourth-order valence-electron chi connectivity index (χ4n) is 2.19. The molecule has 2 heterocycles. The predicted octanol–water partition coefficient (Wildman–Crippen LogP) is 1.92. The van der Waals surface area contributed by atoms with Crippen molar-refractivity contribution in [2.75, 3.05) is 0 Å². The van der Waals surface area contributed by atoms with E-state index in [-0.39, 0.29) is 0 Å². The van der Waals surface area contributed by atoms with E-state index in [1.165, 1.54) is 25.7 Å². The van der Waals surface area contributed by atoms with Gasteiger partial charge < -0.3 is 0 Å². The van der Waals surface area contributed by atoms with E-state index in [0.717, 1.165) is 11.5 Å². The number of rotatable bonds is 2. The number of hydrogen-bond donors (Lipinski definition) is 1. The number of aromatic amines is 1. The highest BCUT2D eigenvalue weighted by Crippen LogP contribution is 2.32. The van der Waals surface area contributed by atoms with Crippen LogP contribution < -0.4 is 0 Å². The second kappa shape index (κ2) is 4.00. The van der Waals surface area contributed by atoms with E-state index in [9.17, 15) is 0 Å². The molecule has 0 aromatic carbocycles. The Labute approximate surface area is 93.4 Å². The van der Waals surface area contributed by atoms with Crippen molar-refractivity contribution in [1.82, 2.24) is 25.1 Å². The molecule has 2 aromatic heterocycles. The van der Waals surface area contributed by atoms with Crippen LogP contribution in [0.5, 0.6) is 0 Å². The summed E-state index contributed by atoms with van der Waals surface area (Å²) in [7, 11) is 0. The van der Waals surface area contributed by atoms with E-state index < -0.39 is 0 Å². The fraction of sp³-hybridized carbons (Fsp3) is 0.455. The number of aromatic nitrogens is 5. The first-order chi connectivity index (χ1) is 7.93. The number of nitrogens with one attached hydrogen (secondary N) is 1. The average Bonchev–Trinajstić information content (AvgIpc) is 3.01. The van der Waals surface area contributed by atoms with Crippen LogP contribution in [0, 0.1) is 0 Å². The molecule has 0 unspecified atom stereocenters. The summed E-state index contributed by atoms with van der Waals surface area (Å²) in [6.07, 6.45) is 10.0. The molecule has 0 aliphatic heterocycles. The summed E-state index contributed by atoms with van der Waals surface area (Å²) in [5.74, 6) is 2.20. The largest absolute Gasteiger partial charge is 0.262 e. The Bertz CT molecular complexity index is 458. The molecule has 1 saturated carbocycles. The van der Waals surface area contributed by atoms with Gasteiger partial charge in [-0.15, -0.1) is 0 Å². The van der Waals surface area contributed by atoms with Crippen LogP contribution >= 0.6 is 0 Å². The van der Waals surface area contributed by atoms with Crippen molar-refractivity contribution in [3.63, 3.8) is 0 Å². The third kappa shape index (κ3) is 1.68. The second-order valence-electron chi connectivity index (χ2n) is 4.12. The first-order valence-corrected chi connectivity index (χ1v) is 5.62. The van der Waals surface area contributed by atoms with Gasteiger partial charge in [-0.2, -0.15) is 5.10 Å². The van der Waals surface area contributed by atoms with Crippen LogP contribution in [0.25, 0.3) is 11.5 Å². The van der Waals surface area contributed by atoms with E-state index in [4.69, 9.17) is 0 Å². The van der Waals surface area contributed by atoms with E-state index in [1.54, 1.807) is 18.6 Å². The molecule has 5 heteroatoms. The van der Waals surface area contributed by atoms with Crippen molar-refractivity contribution in [3.8, 4) is 11.5 Å². The first-order valence-electron chi connectivity index (χ1n) is 5.62. The summed E-state index contributed by atoms with van der Waals surface area (Å²) in [5.41, 5.74) is 0.725.